The van der Waals surface area contributed by atoms with Gasteiger partial charge in [-0.25, -0.2) is 4.98 Å². The fourth-order valence-electron chi connectivity index (χ4n) is 3.33. The van der Waals surface area contributed by atoms with Crippen molar-refractivity contribution in [3.05, 3.63) is 66.4 Å². The van der Waals surface area contributed by atoms with Crippen LogP contribution in [-0.2, 0) is 11.3 Å². The smallest absolute Gasteiger partial charge is 0.224 e. The fourth-order valence-corrected chi connectivity index (χ4v) is 3.33. The summed E-state index contributed by atoms with van der Waals surface area (Å²) in [5.41, 5.74) is 3.22. The standard InChI is InChI=1S/C22H25N5O2/c1-28-20-9-5-2-6-17(20)16-24-22-23-11-10-21(26-22)25-18-7-3-4-8-19(18)27-12-14-29-15-13-27/h2-11H,12-16H2,1H3,(H2,23,24,25,26). The van der Waals surface area contributed by atoms with E-state index in [1.54, 1.807) is 13.3 Å². The molecule has 2 aromatic carbocycles. The number of nitrogens with zero attached hydrogens (tertiary/aromatic N) is 3. The lowest BCUT2D eigenvalue weighted by Gasteiger charge is -2.30. The molecule has 0 bridgehead atoms. The fraction of sp³-hybridized carbons (Fsp3) is 0.273. The second-order valence-corrected chi connectivity index (χ2v) is 6.67. The van der Waals surface area contributed by atoms with E-state index in [1.165, 1.54) is 0 Å². The van der Waals surface area contributed by atoms with Crippen molar-refractivity contribution in [2.24, 2.45) is 0 Å². The number of morpholine rings is 1. The van der Waals surface area contributed by atoms with Crippen LogP contribution in [0.25, 0.3) is 0 Å². The van der Waals surface area contributed by atoms with E-state index in [9.17, 15) is 0 Å². The summed E-state index contributed by atoms with van der Waals surface area (Å²) in [6, 6.07) is 18.0. The van der Waals surface area contributed by atoms with Crippen LogP contribution in [0.4, 0.5) is 23.1 Å². The Hall–Kier alpha value is -3.32. The molecular weight excluding hydrogens is 366 g/mol. The van der Waals surface area contributed by atoms with Crippen LogP contribution in [0, 0.1) is 0 Å². The van der Waals surface area contributed by atoms with E-state index >= 15 is 0 Å². The third-order valence-electron chi connectivity index (χ3n) is 4.80. The molecule has 150 valence electrons. The maximum atomic E-state index is 5.48. The highest BCUT2D eigenvalue weighted by molar-refractivity contribution is 5.74. The topological polar surface area (TPSA) is 71.5 Å². The molecule has 1 aliphatic rings. The summed E-state index contributed by atoms with van der Waals surface area (Å²) in [5.74, 6) is 2.14. The quantitative estimate of drug-likeness (QED) is 0.637. The van der Waals surface area contributed by atoms with Gasteiger partial charge >= 0.3 is 0 Å². The van der Waals surface area contributed by atoms with E-state index in [-0.39, 0.29) is 0 Å². The Morgan fingerprint density at radius 1 is 1.03 bits per heavy atom. The van der Waals surface area contributed by atoms with Gasteiger partial charge in [-0.05, 0) is 24.3 Å². The number of aromatic nitrogens is 2. The van der Waals surface area contributed by atoms with Crippen molar-refractivity contribution in [2.75, 3.05) is 48.9 Å². The molecule has 7 nitrogen and oxygen atoms in total. The van der Waals surface area contributed by atoms with Gasteiger partial charge in [-0.1, -0.05) is 30.3 Å². The molecule has 1 fully saturated rings. The number of ether oxygens (including phenoxy) is 2. The molecule has 0 unspecified atom stereocenters. The largest absolute Gasteiger partial charge is 0.496 e. The summed E-state index contributed by atoms with van der Waals surface area (Å²) in [7, 11) is 1.67. The Morgan fingerprint density at radius 2 is 1.83 bits per heavy atom. The van der Waals surface area contributed by atoms with E-state index in [4.69, 9.17) is 9.47 Å². The van der Waals surface area contributed by atoms with Crippen molar-refractivity contribution in [2.45, 2.75) is 6.54 Å². The van der Waals surface area contributed by atoms with Crippen LogP contribution in [0.1, 0.15) is 5.56 Å². The molecular formula is C22H25N5O2. The predicted octanol–water partition coefficient (Wildman–Crippen LogP) is 3.68. The van der Waals surface area contributed by atoms with Gasteiger partial charge in [0.2, 0.25) is 5.95 Å². The molecule has 7 heteroatoms. The minimum absolute atomic E-state index is 0.560. The summed E-state index contributed by atoms with van der Waals surface area (Å²) in [6.45, 7) is 3.85. The highest BCUT2D eigenvalue weighted by Crippen LogP contribution is 2.29. The molecule has 2 heterocycles. The molecule has 29 heavy (non-hydrogen) atoms. The Labute approximate surface area is 170 Å². The summed E-state index contributed by atoms with van der Waals surface area (Å²) >= 11 is 0. The summed E-state index contributed by atoms with van der Waals surface area (Å²) in [4.78, 5) is 11.3. The SMILES string of the molecule is COc1ccccc1CNc1nccc(Nc2ccccc2N2CCOCC2)n1. The number of para-hydroxylation sites is 3. The van der Waals surface area contributed by atoms with Gasteiger partial charge in [0.05, 0.1) is 31.7 Å². The van der Waals surface area contributed by atoms with Crippen LogP contribution < -0.4 is 20.3 Å². The maximum Gasteiger partial charge on any atom is 0.224 e. The van der Waals surface area contributed by atoms with Gasteiger partial charge in [-0.2, -0.15) is 4.98 Å². The number of hydrogen-bond donors (Lipinski definition) is 2. The van der Waals surface area contributed by atoms with Crippen molar-refractivity contribution in [3.63, 3.8) is 0 Å². The lowest BCUT2D eigenvalue weighted by Crippen LogP contribution is -2.36. The normalized spacial score (nSPS) is 13.8. The third kappa shape index (κ3) is 4.75. The van der Waals surface area contributed by atoms with Crippen LogP contribution in [0.5, 0.6) is 5.75 Å². The van der Waals surface area contributed by atoms with Gasteiger partial charge in [-0.3, -0.25) is 0 Å². The first-order chi connectivity index (χ1) is 14.3. The highest BCUT2D eigenvalue weighted by atomic mass is 16.5. The van der Waals surface area contributed by atoms with E-state index < -0.39 is 0 Å². The van der Waals surface area contributed by atoms with Crippen molar-refractivity contribution in [1.82, 2.24) is 9.97 Å². The molecule has 1 aromatic heterocycles. The van der Waals surface area contributed by atoms with Crippen LogP contribution >= 0.6 is 0 Å². The minimum atomic E-state index is 0.560. The number of nitrogens with one attached hydrogen (secondary N) is 2. The van der Waals surface area contributed by atoms with Crippen LogP contribution in [0.15, 0.2) is 60.8 Å². The molecule has 0 aliphatic carbocycles. The van der Waals surface area contributed by atoms with Crippen LogP contribution in [0.3, 0.4) is 0 Å². The maximum absolute atomic E-state index is 5.48. The molecule has 0 spiro atoms. The monoisotopic (exact) mass is 391 g/mol. The van der Waals surface area contributed by atoms with E-state index in [2.05, 4.69) is 43.7 Å². The Morgan fingerprint density at radius 3 is 2.69 bits per heavy atom. The Balaban J connectivity index is 1.47. The molecule has 4 rings (SSSR count). The van der Waals surface area contributed by atoms with Crippen molar-refractivity contribution in [3.8, 4) is 5.75 Å². The van der Waals surface area contributed by atoms with Gasteiger partial charge < -0.3 is 25.0 Å². The lowest BCUT2D eigenvalue weighted by molar-refractivity contribution is 0.123. The number of rotatable bonds is 7. The van der Waals surface area contributed by atoms with Crippen LogP contribution in [-0.4, -0.2) is 43.4 Å². The zero-order valence-corrected chi connectivity index (χ0v) is 16.5. The predicted molar refractivity (Wildman–Crippen MR) is 115 cm³/mol. The number of methoxy groups -OCH3 is 1. The second-order valence-electron chi connectivity index (χ2n) is 6.67. The van der Waals surface area contributed by atoms with Gasteiger partial charge in [0.1, 0.15) is 11.6 Å². The lowest BCUT2D eigenvalue weighted by atomic mass is 10.2. The average molecular weight is 391 g/mol. The molecule has 0 radical (unpaired) electrons. The zero-order chi connectivity index (χ0) is 19.9. The third-order valence-corrected chi connectivity index (χ3v) is 4.80. The molecule has 1 aliphatic heterocycles. The van der Waals surface area contributed by atoms with Crippen molar-refractivity contribution >= 4 is 23.1 Å². The number of anilines is 4. The zero-order valence-electron chi connectivity index (χ0n) is 16.5. The Kier molecular flexibility index (Phi) is 6.07. The first-order valence-electron chi connectivity index (χ1n) is 9.71. The molecule has 0 saturated carbocycles. The number of hydrogen-bond acceptors (Lipinski definition) is 7. The second kappa shape index (κ2) is 9.25. The summed E-state index contributed by atoms with van der Waals surface area (Å²) in [5, 5.41) is 6.70. The van der Waals surface area contributed by atoms with Crippen molar-refractivity contribution < 1.29 is 9.47 Å². The summed E-state index contributed by atoms with van der Waals surface area (Å²) < 4.78 is 10.9. The van der Waals surface area contributed by atoms with Gasteiger partial charge in [0.15, 0.2) is 0 Å². The van der Waals surface area contributed by atoms with Crippen molar-refractivity contribution in [1.29, 1.82) is 0 Å². The number of benzene rings is 2. The molecule has 1 saturated heterocycles. The molecule has 3 aromatic rings. The molecule has 2 N–H and O–H groups in total. The average Bonchev–Trinajstić information content (AvgIpc) is 2.79. The minimum Gasteiger partial charge on any atom is -0.496 e. The first-order valence-corrected chi connectivity index (χ1v) is 9.71. The first kappa shape index (κ1) is 19.0. The van der Waals surface area contributed by atoms with E-state index in [1.807, 2.05) is 36.4 Å². The van der Waals surface area contributed by atoms with Gasteiger partial charge in [0, 0.05) is 31.4 Å². The molecule has 0 amide bonds. The van der Waals surface area contributed by atoms with Gasteiger partial charge in [-0.15, -0.1) is 0 Å². The van der Waals surface area contributed by atoms with E-state index in [0.29, 0.717) is 12.5 Å². The Bertz CT molecular complexity index is 944. The van der Waals surface area contributed by atoms with E-state index in [0.717, 1.165) is 54.8 Å². The molecule has 0 atom stereocenters. The van der Waals surface area contributed by atoms with Crippen LogP contribution in [0.2, 0.25) is 0 Å². The van der Waals surface area contributed by atoms with Gasteiger partial charge in [0.25, 0.3) is 0 Å². The highest BCUT2D eigenvalue weighted by Gasteiger charge is 2.15. The summed E-state index contributed by atoms with van der Waals surface area (Å²) in [6.07, 6.45) is 1.75.